The van der Waals surface area contributed by atoms with Gasteiger partial charge in [-0.05, 0) is 13.0 Å². The average molecular weight is 276 g/mol. The molecule has 0 saturated carbocycles. The summed E-state index contributed by atoms with van der Waals surface area (Å²) in [4.78, 5) is 0. The Morgan fingerprint density at radius 1 is 1.28 bits per heavy atom. The van der Waals surface area contributed by atoms with Crippen LogP contribution >= 0.6 is 0 Å². The van der Waals surface area contributed by atoms with E-state index in [1.807, 2.05) is 0 Å². The molecule has 1 fully saturated rings. The molecule has 0 spiro atoms. The molecular formula is C12H24N2O3S. The zero-order valence-electron chi connectivity index (χ0n) is 11.0. The highest BCUT2D eigenvalue weighted by molar-refractivity contribution is 7.92. The van der Waals surface area contributed by atoms with Crippen molar-refractivity contribution in [2.45, 2.75) is 44.7 Å². The van der Waals surface area contributed by atoms with Gasteiger partial charge in [-0.3, -0.25) is 0 Å². The SMILES string of the molecule is C=CS(=O)(=O)N[C@H]1COC[C@H]1NCCCCCC. The number of nitrogens with one attached hydrogen (secondary N) is 2. The van der Waals surface area contributed by atoms with Gasteiger partial charge in [0.05, 0.1) is 19.3 Å². The Morgan fingerprint density at radius 3 is 2.67 bits per heavy atom. The molecule has 0 aromatic carbocycles. The quantitative estimate of drug-likeness (QED) is 0.616. The van der Waals surface area contributed by atoms with Crippen molar-refractivity contribution >= 4 is 10.0 Å². The van der Waals surface area contributed by atoms with Gasteiger partial charge in [0.1, 0.15) is 0 Å². The summed E-state index contributed by atoms with van der Waals surface area (Å²) in [5, 5.41) is 4.29. The largest absolute Gasteiger partial charge is 0.378 e. The van der Waals surface area contributed by atoms with Crippen LogP contribution in [0.25, 0.3) is 0 Å². The van der Waals surface area contributed by atoms with E-state index in [0.29, 0.717) is 13.2 Å². The molecule has 106 valence electrons. The van der Waals surface area contributed by atoms with Crippen molar-refractivity contribution in [3.8, 4) is 0 Å². The molecule has 0 aromatic rings. The first-order chi connectivity index (χ1) is 8.59. The second kappa shape index (κ2) is 7.89. The predicted octanol–water partition coefficient (Wildman–Crippen LogP) is 0.987. The third-order valence-corrected chi connectivity index (χ3v) is 4.12. The zero-order valence-corrected chi connectivity index (χ0v) is 11.8. The first-order valence-corrected chi connectivity index (χ1v) is 8.09. The van der Waals surface area contributed by atoms with Gasteiger partial charge in [-0.15, -0.1) is 0 Å². The molecule has 1 saturated heterocycles. The Hall–Kier alpha value is -0.430. The van der Waals surface area contributed by atoms with Crippen molar-refractivity contribution in [2.24, 2.45) is 0 Å². The Balaban J connectivity index is 2.29. The van der Waals surface area contributed by atoms with Crippen LogP contribution in [-0.4, -0.2) is 40.3 Å². The van der Waals surface area contributed by atoms with Crippen LogP contribution in [0.3, 0.4) is 0 Å². The lowest BCUT2D eigenvalue weighted by Gasteiger charge is -2.19. The third-order valence-electron chi connectivity index (χ3n) is 3.05. The van der Waals surface area contributed by atoms with Crippen molar-refractivity contribution in [2.75, 3.05) is 19.8 Å². The zero-order chi connectivity index (χ0) is 13.4. The van der Waals surface area contributed by atoms with Gasteiger partial charge in [0.25, 0.3) is 0 Å². The van der Waals surface area contributed by atoms with Crippen molar-refractivity contribution in [1.29, 1.82) is 0 Å². The van der Waals surface area contributed by atoms with Crippen LogP contribution in [0.1, 0.15) is 32.6 Å². The summed E-state index contributed by atoms with van der Waals surface area (Å²) in [6.45, 7) is 7.34. The smallest absolute Gasteiger partial charge is 0.233 e. The molecule has 2 N–H and O–H groups in total. The molecule has 1 rings (SSSR count). The Bertz CT molecular complexity index is 343. The van der Waals surface area contributed by atoms with E-state index in [9.17, 15) is 8.42 Å². The van der Waals surface area contributed by atoms with Gasteiger partial charge in [0.2, 0.25) is 10.0 Å². The fourth-order valence-corrected chi connectivity index (χ4v) is 2.72. The first kappa shape index (κ1) is 15.6. The summed E-state index contributed by atoms with van der Waals surface area (Å²) < 4.78 is 30.7. The molecular weight excluding hydrogens is 252 g/mol. The molecule has 0 radical (unpaired) electrons. The molecule has 18 heavy (non-hydrogen) atoms. The van der Waals surface area contributed by atoms with Crippen molar-refractivity contribution in [3.05, 3.63) is 12.0 Å². The van der Waals surface area contributed by atoms with Gasteiger partial charge in [0, 0.05) is 11.4 Å². The molecule has 6 heteroatoms. The van der Waals surface area contributed by atoms with Gasteiger partial charge in [0.15, 0.2) is 0 Å². The van der Waals surface area contributed by atoms with E-state index < -0.39 is 10.0 Å². The van der Waals surface area contributed by atoms with E-state index in [2.05, 4.69) is 23.5 Å². The van der Waals surface area contributed by atoms with Gasteiger partial charge >= 0.3 is 0 Å². The lowest BCUT2D eigenvalue weighted by molar-refractivity contribution is 0.187. The van der Waals surface area contributed by atoms with E-state index in [1.54, 1.807) is 0 Å². The molecule has 0 bridgehead atoms. The number of hydrogen-bond donors (Lipinski definition) is 2. The molecule has 1 aliphatic heterocycles. The van der Waals surface area contributed by atoms with Gasteiger partial charge in [-0.1, -0.05) is 32.8 Å². The molecule has 0 aromatic heterocycles. The highest BCUT2D eigenvalue weighted by Crippen LogP contribution is 2.08. The molecule has 1 aliphatic rings. The van der Waals surface area contributed by atoms with Crippen LogP contribution in [0, 0.1) is 0 Å². The monoisotopic (exact) mass is 276 g/mol. The molecule has 5 nitrogen and oxygen atoms in total. The summed E-state index contributed by atoms with van der Waals surface area (Å²) in [5.41, 5.74) is 0. The summed E-state index contributed by atoms with van der Waals surface area (Å²) in [6, 6.07) is -0.138. The molecule has 2 atom stereocenters. The van der Waals surface area contributed by atoms with Crippen LogP contribution in [0.2, 0.25) is 0 Å². The van der Waals surface area contributed by atoms with Gasteiger partial charge < -0.3 is 10.1 Å². The van der Waals surface area contributed by atoms with Crippen LogP contribution in [-0.2, 0) is 14.8 Å². The molecule has 0 unspecified atom stereocenters. The summed E-state index contributed by atoms with van der Waals surface area (Å²) >= 11 is 0. The third kappa shape index (κ3) is 5.48. The molecule has 0 aliphatic carbocycles. The fourth-order valence-electron chi connectivity index (χ4n) is 1.97. The number of sulfonamides is 1. The number of hydrogen-bond acceptors (Lipinski definition) is 4. The van der Waals surface area contributed by atoms with Crippen molar-refractivity contribution in [3.63, 3.8) is 0 Å². The lowest BCUT2D eigenvalue weighted by atomic mass is 10.1. The summed E-state index contributed by atoms with van der Waals surface area (Å²) in [7, 11) is -3.38. The van der Waals surface area contributed by atoms with Crippen LogP contribution in [0.15, 0.2) is 12.0 Å². The minimum atomic E-state index is -3.38. The van der Waals surface area contributed by atoms with Crippen molar-refractivity contribution < 1.29 is 13.2 Å². The van der Waals surface area contributed by atoms with E-state index in [1.165, 1.54) is 19.3 Å². The van der Waals surface area contributed by atoms with Crippen LogP contribution < -0.4 is 10.0 Å². The Labute approximate surface area is 110 Å². The number of ether oxygens (including phenoxy) is 1. The normalized spacial score (nSPS) is 24.3. The van der Waals surface area contributed by atoms with E-state index in [4.69, 9.17) is 4.74 Å². The average Bonchev–Trinajstić information content (AvgIpc) is 2.76. The Morgan fingerprint density at radius 2 is 2.00 bits per heavy atom. The maximum absolute atomic E-state index is 11.4. The molecule has 1 heterocycles. The molecule has 0 amide bonds. The fraction of sp³-hybridized carbons (Fsp3) is 0.833. The summed E-state index contributed by atoms with van der Waals surface area (Å²) in [6.07, 6.45) is 4.79. The van der Waals surface area contributed by atoms with E-state index in [-0.39, 0.29) is 12.1 Å². The van der Waals surface area contributed by atoms with E-state index in [0.717, 1.165) is 18.4 Å². The Kier molecular flexibility index (Phi) is 6.85. The minimum Gasteiger partial charge on any atom is -0.378 e. The second-order valence-corrected chi connectivity index (χ2v) is 6.25. The van der Waals surface area contributed by atoms with Crippen LogP contribution in [0.4, 0.5) is 0 Å². The van der Waals surface area contributed by atoms with Gasteiger partial charge in [-0.25, -0.2) is 13.1 Å². The minimum absolute atomic E-state index is 0.0568. The van der Waals surface area contributed by atoms with Crippen molar-refractivity contribution in [1.82, 2.24) is 10.0 Å². The van der Waals surface area contributed by atoms with Gasteiger partial charge in [-0.2, -0.15) is 0 Å². The predicted molar refractivity (Wildman–Crippen MR) is 72.8 cm³/mol. The maximum Gasteiger partial charge on any atom is 0.233 e. The number of unbranched alkanes of at least 4 members (excludes halogenated alkanes) is 3. The summed E-state index contributed by atoms with van der Waals surface area (Å²) in [5.74, 6) is 0. The lowest BCUT2D eigenvalue weighted by Crippen LogP contribution is -2.48. The highest BCUT2D eigenvalue weighted by Gasteiger charge is 2.30. The standard InChI is InChI=1S/C12H24N2O3S/c1-3-5-6-7-8-13-11-9-17-10-12(11)14-18(15,16)4-2/h4,11-14H,2-3,5-10H2,1H3/t11-,12+/m1/s1. The number of rotatable bonds is 9. The maximum atomic E-state index is 11.4. The second-order valence-electron chi connectivity index (χ2n) is 4.59. The topological polar surface area (TPSA) is 67.4 Å². The highest BCUT2D eigenvalue weighted by atomic mass is 32.2. The van der Waals surface area contributed by atoms with E-state index >= 15 is 0 Å². The first-order valence-electron chi connectivity index (χ1n) is 6.55. The van der Waals surface area contributed by atoms with Crippen LogP contribution in [0.5, 0.6) is 0 Å².